The smallest absolute Gasteiger partial charge is 0.256 e. The van der Waals surface area contributed by atoms with E-state index in [1.807, 2.05) is 38.2 Å². The summed E-state index contributed by atoms with van der Waals surface area (Å²) in [6.07, 6.45) is 4.42. The molecule has 26 heavy (non-hydrogen) atoms. The van der Waals surface area contributed by atoms with Crippen LogP contribution in [0.4, 0.5) is 0 Å². The first-order valence-corrected chi connectivity index (χ1v) is 8.84. The number of hydrogen-bond acceptors (Lipinski definition) is 4. The van der Waals surface area contributed by atoms with Crippen LogP contribution < -0.4 is 5.32 Å². The zero-order chi connectivity index (χ0) is 18.5. The molecule has 2 heterocycles. The van der Waals surface area contributed by atoms with Crippen molar-refractivity contribution in [2.24, 2.45) is 0 Å². The van der Waals surface area contributed by atoms with Gasteiger partial charge in [0.05, 0.1) is 5.69 Å². The molecular weight excluding hydrogens is 328 g/mol. The molecule has 1 aromatic carbocycles. The van der Waals surface area contributed by atoms with Crippen molar-refractivity contribution in [1.29, 1.82) is 0 Å². The summed E-state index contributed by atoms with van der Waals surface area (Å²) in [6.45, 7) is 7.03. The summed E-state index contributed by atoms with van der Waals surface area (Å²) in [4.78, 5) is 16.9. The Morgan fingerprint density at radius 3 is 2.77 bits per heavy atom. The number of imidazole rings is 1. The number of amides is 1. The molecule has 0 atom stereocenters. The Morgan fingerprint density at radius 1 is 1.27 bits per heavy atom. The molecule has 0 aliphatic rings. The molecule has 1 amide bonds. The SMILES string of the molecule is Cc1noc(C(C)C)c1C(=O)NCCc1nccn1Cc1ccccc1. The predicted molar refractivity (Wildman–Crippen MR) is 99.1 cm³/mol. The minimum atomic E-state index is -0.145. The summed E-state index contributed by atoms with van der Waals surface area (Å²) in [6, 6.07) is 10.2. The first-order valence-electron chi connectivity index (χ1n) is 8.84. The van der Waals surface area contributed by atoms with E-state index in [4.69, 9.17) is 4.52 Å². The molecular formula is C20H24N4O2. The third-order valence-corrected chi connectivity index (χ3v) is 4.27. The highest BCUT2D eigenvalue weighted by atomic mass is 16.5. The van der Waals surface area contributed by atoms with Crippen molar-refractivity contribution in [1.82, 2.24) is 20.0 Å². The number of benzene rings is 1. The van der Waals surface area contributed by atoms with E-state index in [2.05, 4.69) is 32.2 Å². The van der Waals surface area contributed by atoms with Gasteiger partial charge in [0.1, 0.15) is 11.4 Å². The number of aryl methyl sites for hydroxylation is 1. The maximum absolute atomic E-state index is 12.5. The molecule has 3 aromatic rings. The van der Waals surface area contributed by atoms with E-state index in [0.29, 0.717) is 30.0 Å². The van der Waals surface area contributed by atoms with Gasteiger partial charge in [-0.1, -0.05) is 49.3 Å². The Bertz CT molecular complexity index is 865. The third kappa shape index (κ3) is 4.02. The molecule has 3 rings (SSSR count). The fourth-order valence-corrected chi connectivity index (χ4v) is 2.93. The van der Waals surface area contributed by atoms with E-state index >= 15 is 0 Å². The van der Waals surface area contributed by atoms with Gasteiger partial charge in [0, 0.05) is 37.8 Å². The predicted octanol–water partition coefficient (Wildman–Crippen LogP) is 3.32. The van der Waals surface area contributed by atoms with Crippen molar-refractivity contribution >= 4 is 5.91 Å². The molecule has 0 unspecified atom stereocenters. The fraction of sp³-hybridized carbons (Fsp3) is 0.350. The number of rotatable bonds is 7. The van der Waals surface area contributed by atoms with Crippen molar-refractivity contribution in [2.45, 2.75) is 39.7 Å². The van der Waals surface area contributed by atoms with Gasteiger partial charge in [-0.2, -0.15) is 0 Å². The number of nitrogens with zero attached hydrogens (tertiary/aromatic N) is 3. The Hall–Kier alpha value is -2.89. The quantitative estimate of drug-likeness (QED) is 0.708. The first-order chi connectivity index (χ1) is 12.6. The molecule has 0 radical (unpaired) electrons. The summed E-state index contributed by atoms with van der Waals surface area (Å²) in [5, 5.41) is 6.88. The molecule has 6 heteroatoms. The van der Waals surface area contributed by atoms with Gasteiger partial charge >= 0.3 is 0 Å². The zero-order valence-corrected chi connectivity index (χ0v) is 15.4. The van der Waals surface area contributed by atoms with Gasteiger partial charge in [-0.05, 0) is 12.5 Å². The first kappa shape index (κ1) is 17.9. The average molecular weight is 352 g/mol. The lowest BCUT2D eigenvalue weighted by Crippen LogP contribution is -2.27. The molecule has 0 spiro atoms. The number of aromatic nitrogens is 3. The molecule has 0 bridgehead atoms. The highest BCUT2D eigenvalue weighted by Gasteiger charge is 2.22. The van der Waals surface area contributed by atoms with Gasteiger partial charge in [-0.3, -0.25) is 4.79 Å². The van der Waals surface area contributed by atoms with E-state index in [1.54, 1.807) is 13.1 Å². The number of carbonyl (C=O) groups is 1. The summed E-state index contributed by atoms with van der Waals surface area (Å²) in [5.41, 5.74) is 2.39. The maximum atomic E-state index is 12.5. The van der Waals surface area contributed by atoms with E-state index in [1.165, 1.54) is 5.56 Å². The summed E-state index contributed by atoms with van der Waals surface area (Å²) < 4.78 is 7.39. The molecule has 0 aliphatic carbocycles. The molecule has 2 aromatic heterocycles. The van der Waals surface area contributed by atoms with Crippen molar-refractivity contribution in [2.75, 3.05) is 6.54 Å². The van der Waals surface area contributed by atoms with Crippen molar-refractivity contribution < 1.29 is 9.32 Å². The van der Waals surface area contributed by atoms with Crippen LogP contribution in [0, 0.1) is 6.92 Å². The fourth-order valence-electron chi connectivity index (χ4n) is 2.93. The van der Waals surface area contributed by atoms with E-state index in [9.17, 15) is 4.79 Å². The number of hydrogen-bond donors (Lipinski definition) is 1. The van der Waals surface area contributed by atoms with Gasteiger partial charge in [0.15, 0.2) is 5.76 Å². The summed E-state index contributed by atoms with van der Waals surface area (Å²) >= 11 is 0. The van der Waals surface area contributed by atoms with Crippen LogP contribution in [-0.2, 0) is 13.0 Å². The van der Waals surface area contributed by atoms with E-state index < -0.39 is 0 Å². The van der Waals surface area contributed by atoms with Crippen LogP contribution in [-0.4, -0.2) is 27.2 Å². The normalized spacial score (nSPS) is 11.1. The summed E-state index contributed by atoms with van der Waals surface area (Å²) in [7, 11) is 0. The molecule has 0 saturated heterocycles. The molecule has 0 aliphatic heterocycles. The van der Waals surface area contributed by atoms with Gasteiger partial charge < -0.3 is 14.4 Å². The lowest BCUT2D eigenvalue weighted by molar-refractivity contribution is 0.0951. The van der Waals surface area contributed by atoms with Crippen molar-refractivity contribution in [3.05, 3.63) is 71.1 Å². The second-order valence-corrected chi connectivity index (χ2v) is 6.62. The van der Waals surface area contributed by atoms with Crippen molar-refractivity contribution in [3.63, 3.8) is 0 Å². The second-order valence-electron chi connectivity index (χ2n) is 6.62. The maximum Gasteiger partial charge on any atom is 0.256 e. The molecule has 0 fully saturated rings. The van der Waals surface area contributed by atoms with E-state index in [-0.39, 0.29) is 11.8 Å². The monoisotopic (exact) mass is 352 g/mol. The molecule has 1 N–H and O–H groups in total. The van der Waals surface area contributed by atoms with E-state index in [0.717, 1.165) is 12.4 Å². The largest absolute Gasteiger partial charge is 0.360 e. The Morgan fingerprint density at radius 2 is 2.04 bits per heavy atom. The minimum absolute atomic E-state index is 0.113. The number of nitrogens with one attached hydrogen (secondary N) is 1. The van der Waals surface area contributed by atoms with Crippen LogP contribution in [0.15, 0.2) is 47.2 Å². The van der Waals surface area contributed by atoms with Gasteiger partial charge in [0.2, 0.25) is 0 Å². The van der Waals surface area contributed by atoms with Crippen molar-refractivity contribution in [3.8, 4) is 0 Å². The van der Waals surface area contributed by atoms with Crippen LogP contribution >= 0.6 is 0 Å². The molecule has 136 valence electrons. The van der Waals surface area contributed by atoms with Gasteiger partial charge in [-0.25, -0.2) is 4.98 Å². The lowest BCUT2D eigenvalue weighted by Gasteiger charge is -2.09. The van der Waals surface area contributed by atoms with Crippen LogP contribution in [0.2, 0.25) is 0 Å². The Balaban J connectivity index is 1.60. The second kappa shape index (κ2) is 7.99. The standard InChI is InChI=1S/C20H24N4O2/c1-14(2)19-18(15(3)23-26-19)20(25)22-10-9-17-21-11-12-24(17)13-16-7-5-4-6-8-16/h4-8,11-12,14H,9-10,13H2,1-3H3,(H,22,25). The topological polar surface area (TPSA) is 73.0 Å². The van der Waals surface area contributed by atoms with Gasteiger partial charge in [0.25, 0.3) is 5.91 Å². The minimum Gasteiger partial charge on any atom is -0.360 e. The highest BCUT2D eigenvalue weighted by molar-refractivity contribution is 5.96. The van der Waals surface area contributed by atoms with Crippen LogP contribution in [0.1, 0.15) is 53.0 Å². The Kier molecular flexibility index (Phi) is 5.51. The number of carbonyl (C=O) groups excluding carboxylic acids is 1. The summed E-state index contributed by atoms with van der Waals surface area (Å²) in [5.74, 6) is 1.54. The molecule has 6 nitrogen and oxygen atoms in total. The molecule has 0 saturated carbocycles. The average Bonchev–Trinajstić information content (AvgIpc) is 3.22. The Labute approximate surface area is 153 Å². The lowest BCUT2D eigenvalue weighted by atomic mass is 10.0. The highest BCUT2D eigenvalue weighted by Crippen LogP contribution is 2.21. The zero-order valence-electron chi connectivity index (χ0n) is 15.4. The van der Waals surface area contributed by atoms with Crippen LogP contribution in [0.3, 0.4) is 0 Å². The van der Waals surface area contributed by atoms with Gasteiger partial charge in [-0.15, -0.1) is 0 Å². The van der Waals surface area contributed by atoms with Crippen LogP contribution in [0.25, 0.3) is 0 Å². The van der Waals surface area contributed by atoms with Crippen LogP contribution in [0.5, 0.6) is 0 Å². The third-order valence-electron chi connectivity index (χ3n) is 4.27.